The molecular formula is C24H31BrN4O5. The molecule has 0 spiro atoms. The highest BCUT2D eigenvalue weighted by Crippen LogP contribution is 2.25. The van der Waals surface area contributed by atoms with Gasteiger partial charge in [0, 0.05) is 45.3 Å². The summed E-state index contributed by atoms with van der Waals surface area (Å²) in [7, 11) is 1.88. The molecule has 0 unspecified atom stereocenters. The van der Waals surface area contributed by atoms with Gasteiger partial charge in [-0.1, -0.05) is 6.08 Å². The Balaban J connectivity index is 1.49. The van der Waals surface area contributed by atoms with Crippen LogP contribution in [0.2, 0.25) is 0 Å². The summed E-state index contributed by atoms with van der Waals surface area (Å²) in [6.07, 6.45) is 5.09. The van der Waals surface area contributed by atoms with E-state index >= 15 is 0 Å². The van der Waals surface area contributed by atoms with Gasteiger partial charge in [0.15, 0.2) is 0 Å². The van der Waals surface area contributed by atoms with Crippen molar-refractivity contribution in [2.45, 2.75) is 32.8 Å². The number of unbranched alkanes of at least 4 members (excludes halogenated alkanes) is 1. The molecule has 1 aromatic carbocycles. The first-order valence-corrected chi connectivity index (χ1v) is 12.2. The molecular weight excluding hydrogens is 504 g/mol. The van der Waals surface area contributed by atoms with Gasteiger partial charge in [0.1, 0.15) is 18.1 Å². The molecule has 1 aliphatic rings. The van der Waals surface area contributed by atoms with E-state index in [-0.39, 0.29) is 5.97 Å². The Morgan fingerprint density at radius 3 is 2.53 bits per heavy atom. The molecule has 1 aromatic heterocycles. The molecule has 1 saturated heterocycles. The van der Waals surface area contributed by atoms with Gasteiger partial charge in [-0.15, -0.1) is 0 Å². The number of esters is 1. The fourth-order valence-electron chi connectivity index (χ4n) is 3.70. The summed E-state index contributed by atoms with van der Waals surface area (Å²) in [5.41, 5.74) is 2.78. The lowest BCUT2D eigenvalue weighted by Gasteiger charge is -2.34. The Kier molecular flexibility index (Phi) is 9.38. The quantitative estimate of drug-likeness (QED) is 0.358. The third kappa shape index (κ3) is 6.99. The van der Waals surface area contributed by atoms with Crippen LogP contribution in [0, 0.1) is 0 Å². The van der Waals surface area contributed by atoms with Crippen LogP contribution >= 0.6 is 15.9 Å². The lowest BCUT2D eigenvalue weighted by molar-refractivity contribution is -0.143. The molecule has 0 saturated carbocycles. The van der Waals surface area contributed by atoms with Crippen molar-refractivity contribution in [3.05, 3.63) is 46.2 Å². The SMILES string of the molecule is CCOC(=O)CCC/C=C/c1c(Br)c(COc2ccc(N3CCN(C(=O)O)CC3)cc2)nn1C. The predicted octanol–water partition coefficient (Wildman–Crippen LogP) is 4.31. The van der Waals surface area contributed by atoms with Crippen molar-refractivity contribution in [2.75, 3.05) is 37.7 Å². The second kappa shape index (κ2) is 12.5. The number of ether oxygens (including phenoxy) is 2. The number of aromatic nitrogens is 2. The molecule has 0 aliphatic carbocycles. The molecule has 34 heavy (non-hydrogen) atoms. The standard InChI is InChI=1S/C24H31BrN4O5/c1-3-33-22(30)8-6-4-5-7-21-23(25)20(26-27(21)2)17-34-19-11-9-18(10-12-19)28-13-15-29(16-14-28)24(31)32/h5,7,9-12H,3-4,6,8,13-17H2,1-2H3,(H,31,32)/b7-5+. The molecule has 3 rings (SSSR count). The maximum atomic E-state index is 11.4. The summed E-state index contributed by atoms with van der Waals surface area (Å²) in [5, 5.41) is 13.6. The zero-order valence-corrected chi connectivity index (χ0v) is 21.2. The van der Waals surface area contributed by atoms with Gasteiger partial charge in [0.25, 0.3) is 0 Å². The fraction of sp³-hybridized carbons (Fsp3) is 0.458. The first-order valence-electron chi connectivity index (χ1n) is 11.4. The molecule has 0 bridgehead atoms. The van der Waals surface area contributed by atoms with Crippen LogP contribution in [0.4, 0.5) is 10.5 Å². The van der Waals surface area contributed by atoms with Crippen LogP contribution in [0.1, 0.15) is 37.6 Å². The summed E-state index contributed by atoms with van der Waals surface area (Å²) in [5.74, 6) is 0.576. The van der Waals surface area contributed by atoms with Crippen molar-refractivity contribution in [1.82, 2.24) is 14.7 Å². The number of amides is 1. The van der Waals surface area contributed by atoms with Gasteiger partial charge in [-0.3, -0.25) is 9.48 Å². The Bertz CT molecular complexity index is 998. The lowest BCUT2D eigenvalue weighted by Crippen LogP contribution is -2.48. The minimum absolute atomic E-state index is 0.161. The number of allylic oxidation sites excluding steroid dienone is 1. The van der Waals surface area contributed by atoms with Gasteiger partial charge in [-0.2, -0.15) is 5.10 Å². The fourth-order valence-corrected chi connectivity index (χ4v) is 4.28. The summed E-state index contributed by atoms with van der Waals surface area (Å²) in [4.78, 5) is 26.1. The first-order chi connectivity index (χ1) is 16.4. The monoisotopic (exact) mass is 534 g/mol. The predicted molar refractivity (Wildman–Crippen MR) is 133 cm³/mol. The highest BCUT2D eigenvalue weighted by atomic mass is 79.9. The number of benzene rings is 1. The second-order valence-electron chi connectivity index (χ2n) is 7.91. The zero-order chi connectivity index (χ0) is 24.5. The minimum atomic E-state index is -0.864. The average Bonchev–Trinajstić information content (AvgIpc) is 3.10. The molecule has 9 nitrogen and oxygen atoms in total. The maximum Gasteiger partial charge on any atom is 0.407 e. The van der Waals surface area contributed by atoms with Gasteiger partial charge in [0.05, 0.1) is 16.8 Å². The number of nitrogens with zero attached hydrogens (tertiary/aromatic N) is 4. The van der Waals surface area contributed by atoms with Crippen molar-refractivity contribution in [3.63, 3.8) is 0 Å². The Labute approximate surface area is 208 Å². The second-order valence-corrected chi connectivity index (χ2v) is 8.70. The third-order valence-corrected chi connectivity index (χ3v) is 6.42. The van der Waals surface area contributed by atoms with Gasteiger partial charge < -0.3 is 24.4 Å². The largest absolute Gasteiger partial charge is 0.487 e. The Morgan fingerprint density at radius 2 is 1.88 bits per heavy atom. The molecule has 10 heteroatoms. The Morgan fingerprint density at radius 1 is 1.18 bits per heavy atom. The molecule has 2 aromatic rings. The summed E-state index contributed by atoms with van der Waals surface area (Å²) in [6, 6.07) is 7.81. The van der Waals surface area contributed by atoms with E-state index in [2.05, 4.69) is 25.9 Å². The highest BCUT2D eigenvalue weighted by molar-refractivity contribution is 9.10. The topological polar surface area (TPSA) is 97.1 Å². The number of halogens is 1. The van der Waals surface area contributed by atoms with E-state index in [1.807, 2.05) is 50.4 Å². The molecule has 2 heterocycles. The summed E-state index contributed by atoms with van der Waals surface area (Å²) < 4.78 is 13.6. The van der Waals surface area contributed by atoms with Crippen molar-refractivity contribution in [2.24, 2.45) is 7.05 Å². The van der Waals surface area contributed by atoms with Crippen LogP contribution in [0.25, 0.3) is 6.08 Å². The van der Waals surface area contributed by atoms with Crippen LogP contribution < -0.4 is 9.64 Å². The number of hydrogen-bond donors (Lipinski definition) is 1. The number of rotatable bonds is 10. The normalized spacial score (nSPS) is 14.0. The lowest BCUT2D eigenvalue weighted by atomic mass is 10.2. The molecule has 1 fully saturated rings. The zero-order valence-electron chi connectivity index (χ0n) is 19.6. The van der Waals surface area contributed by atoms with E-state index in [1.54, 1.807) is 4.68 Å². The summed E-state index contributed by atoms with van der Waals surface area (Å²) in [6.45, 7) is 4.90. The Hall–Kier alpha value is -3.01. The number of carbonyl (C=O) groups excluding carboxylic acids is 1. The molecule has 0 atom stereocenters. The molecule has 184 valence electrons. The number of hydrogen-bond acceptors (Lipinski definition) is 6. The molecule has 0 radical (unpaired) electrons. The van der Waals surface area contributed by atoms with Gasteiger partial charge in [-0.05, 0) is 66.0 Å². The highest BCUT2D eigenvalue weighted by Gasteiger charge is 2.20. The number of carboxylic acid groups (broad SMARTS) is 1. The van der Waals surface area contributed by atoms with Gasteiger partial charge in [-0.25, -0.2) is 4.79 Å². The first kappa shape index (κ1) is 25.6. The van der Waals surface area contributed by atoms with Gasteiger partial charge >= 0.3 is 12.1 Å². The van der Waals surface area contributed by atoms with Crippen molar-refractivity contribution in [3.8, 4) is 5.75 Å². The third-order valence-electron chi connectivity index (χ3n) is 5.56. The number of piperazine rings is 1. The number of carbonyl (C=O) groups is 2. The summed E-state index contributed by atoms with van der Waals surface area (Å²) >= 11 is 3.63. The van der Waals surface area contributed by atoms with Gasteiger partial charge in [0.2, 0.25) is 0 Å². The van der Waals surface area contributed by atoms with E-state index in [0.717, 1.165) is 40.1 Å². The average molecular weight is 535 g/mol. The van der Waals surface area contributed by atoms with E-state index in [4.69, 9.17) is 14.6 Å². The van der Waals surface area contributed by atoms with E-state index in [9.17, 15) is 9.59 Å². The molecule has 1 N–H and O–H groups in total. The van der Waals surface area contributed by atoms with E-state index < -0.39 is 6.09 Å². The number of anilines is 1. The van der Waals surface area contributed by atoms with Crippen LogP contribution in [-0.2, 0) is 23.2 Å². The maximum absolute atomic E-state index is 11.4. The van der Waals surface area contributed by atoms with Crippen molar-refractivity contribution in [1.29, 1.82) is 0 Å². The van der Waals surface area contributed by atoms with Crippen LogP contribution in [0.15, 0.2) is 34.8 Å². The van der Waals surface area contributed by atoms with Crippen molar-refractivity contribution >= 4 is 39.8 Å². The van der Waals surface area contributed by atoms with Crippen LogP contribution in [0.5, 0.6) is 5.75 Å². The van der Waals surface area contributed by atoms with E-state index in [1.165, 1.54) is 4.90 Å². The van der Waals surface area contributed by atoms with Crippen LogP contribution in [0.3, 0.4) is 0 Å². The molecule has 1 aliphatic heterocycles. The van der Waals surface area contributed by atoms with Crippen molar-refractivity contribution < 1.29 is 24.2 Å². The molecule has 1 amide bonds. The van der Waals surface area contributed by atoms with E-state index in [0.29, 0.717) is 45.8 Å². The van der Waals surface area contributed by atoms with Crippen LogP contribution in [-0.4, -0.2) is 64.6 Å². The smallest absolute Gasteiger partial charge is 0.407 e. The number of aryl methyl sites for hydroxylation is 1. The minimum Gasteiger partial charge on any atom is -0.487 e.